The maximum absolute atomic E-state index is 6.32. The van der Waals surface area contributed by atoms with Crippen molar-refractivity contribution >= 4 is 0 Å². The molecule has 234 valence electrons. The highest BCUT2D eigenvalue weighted by atomic mass is 16.5. The normalized spacial score (nSPS) is 14.0. The zero-order chi connectivity index (χ0) is 31.8. The molecule has 0 N–H and O–H groups in total. The van der Waals surface area contributed by atoms with Crippen LogP contribution >= 0.6 is 0 Å². The molecule has 5 rings (SSSR count). The lowest BCUT2D eigenvalue weighted by Crippen LogP contribution is -2.29. The highest BCUT2D eigenvalue weighted by Crippen LogP contribution is 2.56. The Morgan fingerprint density at radius 1 is 0.622 bits per heavy atom. The molecule has 0 aromatic heterocycles. The molecule has 1 aliphatic rings. The van der Waals surface area contributed by atoms with Crippen LogP contribution in [-0.2, 0) is 27.7 Å². The third-order valence-corrected chi connectivity index (χ3v) is 8.58. The van der Waals surface area contributed by atoms with Gasteiger partial charge >= 0.3 is 0 Å². The van der Waals surface area contributed by atoms with Crippen LogP contribution in [0.1, 0.15) is 73.9 Å². The van der Waals surface area contributed by atoms with E-state index in [2.05, 4.69) is 112 Å². The molecule has 0 aliphatic heterocycles. The zero-order valence-corrected chi connectivity index (χ0v) is 27.2. The minimum absolute atomic E-state index is 0.0828. The van der Waals surface area contributed by atoms with Crippen LogP contribution in [-0.4, -0.2) is 25.4 Å². The van der Waals surface area contributed by atoms with E-state index in [9.17, 15) is 0 Å². The molecule has 4 nitrogen and oxygen atoms in total. The van der Waals surface area contributed by atoms with E-state index in [4.69, 9.17) is 18.9 Å². The summed E-state index contributed by atoms with van der Waals surface area (Å²) < 4.78 is 23.7. The van der Waals surface area contributed by atoms with Gasteiger partial charge in [-0.1, -0.05) is 113 Å². The van der Waals surface area contributed by atoms with Crippen molar-refractivity contribution in [3.8, 4) is 22.6 Å². The minimum Gasteiger partial charge on any atom is -0.495 e. The Kier molecular flexibility index (Phi) is 10.3. The number of hydrogen-bond donors (Lipinski definition) is 0. The van der Waals surface area contributed by atoms with Gasteiger partial charge in [-0.3, -0.25) is 0 Å². The summed E-state index contributed by atoms with van der Waals surface area (Å²) in [6.45, 7) is 16.7. The summed E-state index contributed by atoms with van der Waals surface area (Å²) in [5, 5.41) is 0. The topological polar surface area (TPSA) is 36.9 Å². The van der Waals surface area contributed by atoms with E-state index in [1.807, 2.05) is 13.8 Å². The van der Waals surface area contributed by atoms with Crippen molar-refractivity contribution in [1.29, 1.82) is 0 Å². The Labute approximate surface area is 269 Å². The molecule has 4 heteroatoms. The van der Waals surface area contributed by atoms with Gasteiger partial charge in [-0.2, -0.15) is 0 Å². The first-order valence-electron chi connectivity index (χ1n) is 16.2. The monoisotopic (exact) mass is 602 g/mol. The number of fused-ring (bicyclic) bond motifs is 3. The van der Waals surface area contributed by atoms with Gasteiger partial charge < -0.3 is 18.9 Å². The van der Waals surface area contributed by atoms with Crippen LogP contribution < -0.4 is 9.47 Å². The Morgan fingerprint density at radius 3 is 1.44 bits per heavy atom. The summed E-state index contributed by atoms with van der Waals surface area (Å²) in [5.41, 5.74) is 9.49. The molecule has 45 heavy (non-hydrogen) atoms. The second kappa shape index (κ2) is 14.6. The second-order valence-electron chi connectivity index (χ2n) is 11.8. The lowest BCUT2D eigenvalue weighted by molar-refractivity contribution is 0.103. The van der Waals surface area contributed by atoms with Crippen molar-refractivity contribution in [2.75, 3.05) is 13.2 Å². The Morgan fingerprint density at radius 2 is 1.04 bits per heavy atom. The molecule has 0 heterocycles. The average molecular weight is 603 g/mol. The van der Waals surface area contributed by atoms with Gasteiger partial charge in [-0.15, -0.1) is 0 Å². The van der Waals surface area contributed by atoms with Gasteiger partial charge in [0.1, 0.15) is 36.9 Å². The van der Waals surface area contributed by atoms with E-state index in [-0.39, 0.29) is 12.2 Å². The lowest BCUT2D eigenvalue weighted by atomic mass is 9.67. The molecule has 4 aromatic rings. The van der Waals surface area contributed by atoms with Crippen LogP contribution in [0.2, 0.25) is 0 Å². The van der Waals surface area contributed by atoms with E-state index in [0.29, 0.717) is 13.2 Å². The van der Waals surface area contributed by atoms with Gasteiger partial charge in [0.05, 0.1) is 17.9 Å². The highest BCUT2D eigenvalue weighted by Gasteiger charge is 2.46. The van der Waals surface area contributed by atoms with Gasteiger partial charge in [0.25, 0.3) is 0 Å². The third-order valence-electron chi connectivity index (χ3n) is 8.58. The van der Waals surface area contributed by atoms with Crippen LogP contribution in [0.25, 0.3) is 11.1 Å². The number of aryl methyl sites for hydroxylation is 2. The van der Waals surface area contributed by atoms with Crippen LogP contribution in [0.3, 0.4) is 0 Å². The number of hydrogen-bond acceptors (Lipinski definition) is 4. The fraction of sp³-hybridized carbons (Fsp3) is 0.317. The van der Waals surface area contributed by atoms with Gasteiger partial charge in [0, 0.05) is 0 Å². The van der Waals surface area contributed by atoms with Crippen molar-refractivity contribution in [3.63, 3.8) is 0 Å². The van der Waals surface area contributed by atoms with Gasteiger partial charge in [0.15, 0.2) is 0 Å². The van der Waals surface area contributed by atoms with Gasteiger partial charge in [-0.05, 0) is 83.3 Å². The van der Waals surface area contributed by atoms with E-state index < -0.39 is 5.41 Å². The van der Waals surface area contributed by atoms with E-state index in [1.165, 1.54) is 57.0 Å². The Balaban J connectivity index is 1.70. The Bertz CT molecular complexity index is 1500. The largest absolute Gasteiger partial charge is 0.495 e. The van der Waals surface area contributed by atoms with Crippen LogP contribution in [0.5, 0.6) is 11.5 Å². The molecular formula is C41H46O4. The van der Waals surface area contributed by atoms with Crippen LogP contribution in [0.15, 0.2) is 111 Å². The second-order valence-corrected chi connectivity index (χ2v) is 11.8. The van der Waals surface area contributed by atoms with E-state index in [1.54, 1.807) is 0 Å². The molecule has 2 unspecified atom stereocenters. The lowest BCUT2D eigenvalue weighted by Gasteiger charge is -2.35. The van der Waals surface area contributed by atoms with Crippen molar-refractivity contribution in [3.05, 3.63) is 144 Å². The summed E-state index contributed by atoms with van der Waals surface area (Å²) >= 11 is 0. The van der Waals surface area contributed by atoms with E-state index >= 15 is 0 Å². The zero-order valence-electron chi connectivity index (χ0n) is 27.2. The standard InChI is InChI=1S/C41H46O4/c1-7-15-31-25-33(21-23-39(31)44-27-29(5)42-9-3)41(37-19-13-11-17-35(37)36-18-12-14-20-38(36)41)34-22-24-40(32(26-34)16-8-2)45-28-30(6)43-10-4/h9-14,17-26,29-30H,3-4,7-8,15-16,27-28H2,1-2,5-6H3. The first-order valence-corrected chi connectivity index (χ1v) is 16.2. The highest BCUT2D eigenvalue weighted by molar-refractivity contribution is 5.86. The first kappa shape index (κ1) is 32.0. The van der Waals surface area contributed by atoms with Crippen LogP contribution in [0, 0.1) is 0 Å². The van der Waals surface area contributed by atoms with Crippen molar-refractivity contribution in [2.45, 2.75) is 71.0 Å². The SMILES string of the molecule is C=COC(C)COc1ccc(C2(c3ccc(OCC(C)OC=C)c(CCC)c3)c3ccccc3-c3ccccc32)cc1CCC. The van der Waals surface area contributed by atoms with Gasteiger partial charge in [0.2, 0.25) is 0 Å². The molecule has 0 radical (unpaired) electrons. The first-order chi connectivity index (χ1) is 22.0. The number of benzene rings is 4. The molecule has 2 atom stereocenters. The quantitative estimate of drug-likeness (QED) is 0.105. The van der Waals surface area contributed by atoms with Crippen molar-refractivity contribution in [2.24, 2.45) is 0 Å². The minimum atomic E-state index is -0.506. The average Bonchev–Trinajstić information content (AvgIpc) is 3.35. The number of rotatable bonds is 16. The Hall–Kier alpha value is -4.44. The van der Waals surface area contributed by atoms with Crippen LogP contribution in [0.4, 0.5) is 0 Å². The molecule has 0 amide bonds. The molecule has 4 aromatic carbocycles. The molecule has 0 fully saturated rings. The number of ether oxygens (including phenoxy) is 4. The summed E-state index contributed by atoms with van der Waals surface area (Å²) in [6, 6.07) is 31.3. The summed E-state index contributed by atoms with van der Waals surface area (Å²) in [7, 11) is 0. The fourth-order valence-electron chi connectivity index (χ4n) is 6.68. The predicted octanol–water partition coefficient (Wildman–Crippen LogP) is 9.81. The summed E-state index contributed by atoms with van der Waals surface area (Å²) in [6.07, 6.45) is 6.64. The molecule has 0 spiro atoms. The summed E-state index contributed by atoms with van der Waals surface area (Å²) in [5.74, 6) is 1.81. The third kappa shape index (κ3) is 6.38. The maximum Gasteiger partial charge on any atom is 0.129 e. The van der Waals surface area contributed by atoms with Gasteiger partial charge in [-0.25, -0.2) is 0 Å². The molecule has 0 bridgehead atoms. The molecular weight excluding hydrogens is 556 g/mol. The summed E-state index contributed by atoms with van der Waals surface area (Å²) in [4.78, 5) is 0. The van der Waals surface area contributed by atoms with Crippen molar-refractivity contribution in [1.82, 2.24) is 0 Å². The smallest absolute Gasteiger partial charge is 0.129 e. The molecule has 0 saturated carbocycles. The predicted molar refractivity (Wildman–Crippen MR) is 184 cm³/mol. The van der Waals surface area contributed by atoms with Crippen molar-refractivity contribution < 1.29 is 18.9 Å². The molecule has 0 saturated heterocycles. The maximum atomic E-state index is 6.32. The fourth-order valence-corrected chi connectivity index (χ4v) is 6.68. The van der Waals surface area contributed by atoms with E-state index in [0.717, 1.165) is 37.2 Å². The molecule has 1 aliphatic carbocycles.